The Labute approximate surface area is 93.9 Å². The van der Waals surface area contributed by atoms with E-state index in [4.69, 9.17) is 4.74 Å². The number of carbonyl (C=O) groups excluding carboxylic acids is 2. The van der Waals surface area contributed by atoms with E-state index < -0.39 is 24.1 Å². The summed E-state index contributed by atoms with van der Waals surface area (Å²) in [6.07, 6.45) is -2.72. The van der Waals surface area contributed by atoms with Crippen molar-refractivity contribution in [1.29, 1.82) is 0 Å². The summed E-state index contributed by atoms with van der Waals surface area (Å²) >= 11 is 0. The molecule has 1 unspecified atom stereocenters. The van der Waals surface area contributed by atoms with E-state index in [2.05, 4.69) is 14.3 Å². The molecule has 0 rings (SSSR count). The van der Waals surface area contributed by atoms with Crippen molar-refractivity contribution in [2.24, 2.45) is 0 Å². The van der Waals surface area contributed by atoms with E-state index in [9.17, 15) is 9.59 Å². The van der Waals surface area contributed by atoms with Crippen molar-refractivity contribution < 1.29 is 28.6 Å². The molecule has 0 saturated heterocycles. The minimum absolute atomic E-state index is 0.669. The molecule has 0 aliphatic heterocycles. The van der Waals surface area contributed by atoms with Gasteiger partial charge in [0.15, 0.2) is 0 Å². The number of nitrogens with one attached hydrogen (secondary N) is 1. The van der Waals surface area contributed by atoms with Gasteiger partial charge in [0.05, 0.1) is 0 Å². The van der Waals surface area contributed by atoms with E-state index in [1.807, 2.05) is 0 Å². The van der Waals surface area contributed by atoms with E-state index in [1.165, 1.54) is 14.0 Å². The summed E-state index contributed by atoms with van der Waals surface area (Å²) in [5, 5.41) is 0. The molecule has 0 aromatic carbocycles. The van der Waals surface area contributed by atoms with Crippen molar-refractivity contribution in [2.75, 3.05) is 7.11 Å². The van der Waals surface area contributed by atoms with Gasteiger partial charge < -0.3 is 19.0 Å². The van der Waals surface area contributed by atoms with Gasteiger partial charge in [0.25, 0.3) is 0 Å². The largest absolute Gasteiger partial charge is 0.535 e. The molecule has 0 fully saturated rings. The van der Waals surface area contributed by atoms with Crippen LogP contribution < -0.4 is 5.48 Å². The zero-order valence-corrected chi connectivity index (χ0v) is 10.0. The molecule has 0 aliphatic carbocycles. The molecule has 0 aliphatic rings. The van der Waals surface area contributed by atoms with E-state index in [-0.39, 0.29) is 0 Å². The third kappa shape index (κ3) is 7.86. The summed E-state index contributed by atoms with van der Waals surface area (Å²) in [5.41, 5.74) is 1.11. The second-order valence-electron chi connectivity index (χ2n) is 3.88. The second kappa shape index (κ2) is 6.16. The lowest BCUT2D eigenvalue weighted by Crippen LogP contribution is -2.34. The zero-order chi connectivity index (χ0) is 12.8. The fourth-order valence-corrected chi connectivity index (χ4v) is 0.590. The van der Waals surface area contributed by atoms with Crippen LogP contribution in [-0.4, -0.2) is 31.2 Å². The van der Waals surface area contributed by atoms with Gasteiger partial charge in [0.2, 0.25) is 6.29 Å². The summed E-state index contributed by atoms with van der Waals surface area (Å²) in [6, 6.07) is 0. The molecule has 7 nitrogen and oxygen atoms in total. The standard InChI is InChI=1S/C9H17NO6/c1-6(13-5)14-8(12)16-10-7(11)15-9(2,3)4/h6H,1-5H3,(H,10,11). The van der Waals surface area contributed by atoms with Gasteiger partial charge in [-0.15, -0.1) is 5.48 Å². The van der Waals surface area contributed by atoms with Crippen molar-refractivity contribution in [2.45, 2.75) is 39.6 Å². The fourth-order valence-electron chi connectivity index (χ4n) is 0.590. The number of hydrogen-bond donors (Lipinski definition) is 1. The first-order valence-electron chi connectivity index (χ1n) is 4.64. The van der Waals surface area contributed by atoms with Crippen LogP contribution in [0.2, 0.25) is 0 Å². The maximum Gasteiger partial charge on any atom is 0.535 e. The van der Waals surface area contributed by atoms with Crippen molar-refractivity contribution in [3.63, 3.8) is 0 Å². The average Bonchev–Trinajstić information content (AvgIpc) is 2.12. The number of rotatable bonds is 2. The topological polar surface area (TPSA) is 83.1 Å². The molecule has 1 amide bonds. The van der Waals surface area contributed by atoms with Crippen LogP contribution >= 0.6 is 0 Å². The van der Waals surface area contributed by atoms with Gasteiger partial charge in [-0.2, -0.15) is 0 Å². The number of methoxy groups -OCH3 is 1. The molecule has 0 bridgehead atoms. The van der Waals surface area contributed by atoms with Gasteiger partial charge in [-0.25, -0.2) is 9.59 Å². The van der Waals surface area contributed by atoms with Crippen LogP contribution in [0.1, 0.15) is 27.7 Å². The maximum atomic E-state index is 11.0. The van der Waals surface area contributed by atoms with Crippen LogP contribution in [0.5, 0.6) is 0 Å². The van der Waals surface area contributed by atoms with Crippen LogP contribution in [-0.2, 0) is 19.0 Å². The lowest BCUT2D eigenvalue weighted by Gasteiger charge is -2.19. The van der Waals surface area contributed by atoms with Crippen molar-refractivity contribution in [3.05, 3.63) is 0 Å². The SMILES string of the molecule is COC(C)OC(=O)ONC(=O)OC(C)(C)C. The summed E-state index contributed by atoms with van der Waals surface area (Å²) in [6.45, 7) is 6.53. The first kappa shape index (κ1) is 14.5. The van der Waals surface area contributed by atoms with E-state index in [1.54, 1.807) is 26.3 Å². The summed E-state index contributed by atoms with van der Waals surface area (Å²) in [5.74, 6) is 0. The highest BCUT2D eigenvalue weighted by atomic mass is 16.8. The summed E-state index contributed by atoms with van der Waals surface area (Å²) in [4.78, 5) is 26.2. The molecular formula is C9H17NO6. The quantitative estimate of drug-likeness (QED) is 0.444. The van der Waals surface area contributed by atoms with E-state index in [0.29, 0.717) is 0 Å². The predicted octanol–water partition coefficient (Wildman–Crippen LogP) is 1.57. The Morgan fingerprint density at radius 2 is 1.81 bits per heavy atom. The second-order valence-corrected chi connectivity index (χ2v) is 3.88. The molecule has 1 atom stereocenters. The van der Waals surface area contributed by atoms with Gasteiger partial charge in [0, 0.05) is 7.11 Å². The Morgan fingerprint density at radius 1 is 1.25 bits per heavy atom. The Bertz CT molecular complexity index is 247. The molecule has 0 aromatic heterocycles. The predicted molar refractivity (Wildman–Crippen MR) is 53.4 cm³/mol. The Balaban J connectivity index is 3.80. The van der Waals surface area contributed by atoms with Crippen LogP contribution in [0, 0.1) is 0 Å². The number of hydrogen-bond acceptors (Lipinski definition) is 6. The van der Waals surface area contributed by atoms with E-state index >= 15 is 0 Å². The van der Waals surface area contributed by atoms with Crippen molar-refractivity contribution >= 4 is 12.2 Å². The van der Waals surface area contributed by atoms with Crippen molar-refractivity contribution in [1.82, 2.24) is 5.48 Å². The third-order valence-electron chi connectivity index (χ3n) is 1.21. The molecule has 7 heteroatoms. The molecule has 1 N–H and O–H groups in total. The van der Waals surface area contributed by atoms with Crippen LogP contribution in [0.15, 0.2) is 0 Å². The molecule has 0 spiro atoms. The monoisotopic (exact) mass is 235 g/mol. The first-order valence-corrected chi connectivity index (χ1v) is 4.64. The fraction of sp³-hybridized carbons (Fsp3) is 0.778. The van der Waals surface area contributed by atoms with Gasteiger partial charge in [-0.05, 0) is 27.7 Å². The maximum absolute atomic E-state index is 11.0. The van der Waals surface area contributed by atoms with Gasteiger partial charge in [-0.3, -0.25) is 0 Å². The van der Waals surface area contributed by atoms with Gasteiger partial charge >= 0.3 is 12.2 Å². The molecule has 0 aromatic rings. The first-order chi connectivity index (χ1) is 7.24. The minimum Gasteiger partial charge on any atom is -0.442 e. The lowest BCUT2D eigenvalue weighted by molar-refractivity contribution is -0.102. The molecule has 0 heterocycles. The van der Waals surface area contributed by atoms with Gasteiger partial charge in [0.1, 0.15) is 5.60 Å². The number of hydroxylamine groups is 1. The third-order valence-corrected chi connectivity index (χ3v) is 1.21. The van der Waals surface area contributed by atoms with Gasteiger partial charge in [-0.1, -0.05) is 0 Å². The molecule has 16 heavy (non-hydrogen) atoms. The Morgan fingerprint density at radius 3 is 2.25 bits per heavy atom. The highest BCUT2D eigenvalue weighted by molar-refractivity contribution is 5.69. The number of carbonyl (C=O) groups is 2. The summed E-state index contributed by atoms with van der Waals surface area (Å²) in [7, 11) is 1.36. The molecule has 0 saturated carbocycles. The smallest absolute Gasteiger partial charge is 0.442 e. The Kier molecular flexibility index (Phi) is 5.59. The molecule has 94 valence electrons. The summed E-state index contributed by atoms with van der Waals surface area (Å²) < 4.78 is 14.0. The minimum atomic E-state index is -1.08. The van der Waals surface area contributed by atoms with Crippen LogP contribution in [0.3, 0.4) is 0 Å². The number of ether oxygens (including phenoxy) is 3. The van der Waals surface area contributed by atoms with Crippen molar-refractivity contribution in [3.8, 4) is 0 Å². The van der Waals surface area contributed by atoms with Crippen LogP contribution in [0.25, 0.3) is 0 Å². The lowest BCUT2D eigenvalue weighted by atomic mass is 10.2. The number of amides is 1. The van der Waals surface area contributed by atoms with Crippen LogP contribution in [0.4, 0.5) is 9.59 Å². The zero-order valence-electron chi connectivity index (χ0n) is 10.0. The normalized spacial score (nSPS) is 12.6. The Hall–Kier alpha value is -1.50. The highest BCUT2D eigenvalue weighted by Crippen LogP contribution is 2.06. The molecule has 0 radical (unpaired) electrons. The van der Waals surface area contributed by atoms with E-state index in [0.717, 1.165) is 0 Å². The highest BCUT2D eigenvalue weighted by Gasteiger charge is 2.18. The average molecular weight is 235 g/mol. The molecular weight excluding hydrogens is 218 g/mol.